The van der Waals surface area contributed by atoms with Crippen LogP contribution in [-0.4, -0.2) is 13.0 Å². The molecule has 2 N–H and O–H groups in total. The van der Waals surface area contributed by atoms with Gasteiger partial charge in [0.1, 0.15) is 0 Å². The quantitative estimate of drug-likeness (QED) is 0.752. The molecule has 0 saturated carbocycles. The number of hydrogen-bond acceptors (Lipinski definition) is 2. The molecule has 15 heavy (non-hydrogen) atoms. The minimum absolute atomic E-state index is 0.203. The fourth-order valence-electron chi connectivity index (χ4n) is 2.03. The lowest BCUT2D eigenvalue weighted by atomic mass is 10.0. The molecule has 0 unspecified atom stereocenters. The Balaban J connectivity index is 2.43. The van der Waals surface area contributed by atoms with Crippen molar-refractivity contribution in [1.82, 2.24) is 0 Å². The van der Waals surface area contributed by atoms with Crippen molar-refractivity contribution >= 4 is 11.6 Å². The Labute approximate surface area is 89.9 Å². The van der Waals surface area contributed by atoms with Crippen molar-refractivity contribution in [3.8, 4) is 0 Å². The summed E-state index contributed by atoms with van der Waals surface area (Å²) in [6.07, 6.45) is 2.55. The standard InChI is InChI=1S/C12H16N2O/c1-14-11-6-5-9(8-13)7-10(11)3-2-4-12(14)15/h5-7H,2-4,8,13H2,1H3. The van der Waals surface area contributed by atoms with Gasteiger partial charge in [-0.25, -0.2) is 0 Å². The Hall–Kier alpha value is -1.35. The predicted octanol–water partition coefficient (Wildman–Crippen LogP) is 1.44. The zero-order valence-corrected chi connectivity index (χ0v) is 8.99. The van der Waals surface area contributed by atoms with Crippen molar-refractivity contribution in [3.05, 3.63) is 29.3 Å². The van der Waals surface area contributed by atoms with Crippen LogP contribution in [0.2, 0.25) is 0 Å². The highest BCUT2D eigenvalue weighted by Crippen LogP contribution is 2.26. The largest absolute Gasteiger partial charge is 0.326 e. The van der Waals surface area contributed by atoms with Gasteiger partial charge in [0.2, 0.25) is 5.91 Å². The number of rotatable bonds is 1. The first-order chi connectivity index (χ1) is 7.22. The van der Waals surface area contributed by atoms with Crippen LogP contribution in [0.4, 0.5) is 5.69 Å². The molecule has 0 aliphatic carbocycles. The van der Waals surface area contributed by atoms with Crippen LogP contribution in [0, 0.1) is 0 Å². The van der Waals surface area contributed by atoms with Gasteiger partial charge >= 0.3 is 0 Å². The molecule has 2 rings (SSSR count). The Morgan fingerprint density at radius 3 is 2.93 bits per heavy atom. The van der Waals surface area contributed by atoms with Gasteiger partial charge in [0, 0.05) is 25.7 Å². The lowest BCUT2D eigenvalue weighted by Gasteiger charge is -2.17. The maximum atomic E-state index is 11.6. The summed E-state index contributed by atoms with van der Waals surface area (Å²) >= 11 is 0. The SMILES string of the molecule is CN1C(=O)CCCc2cc(CN)ccc21. The first kappa shape index (κ1) is 10.2. The number of amides is 1. The molecule has 0 aromatic heterocycles. The number of hydrogen-bond donors (Lipinski definition) is 1. The summed E-state index contributed by atoms with van der Waals surface area (Å²) < 4.78 is 0. The minimum Gasteiger partial charge on any atom is -0.326 e. The fraction of sp³-hybridized carbons (Fsp3) is 0.417. The number of nitrogens with two attached hydrogens (primary N) is 1. The predicted molar refractivity (Wildman–Crippen MR) is 60.7 cm³/mol. The lowest BCUT2D eigenvalue weighted by molar-refractivity contribution is -0.118. The second kappa shape index (κ2) is 4.03. The molecular formula is C12H16N2O. The van der Waals surface area contributed by atoms with Crippen molar-refractivity contribution in [3.63, 3.8) is 0 Å². The van der Waals surface area contributed by atoms with Gasteiger partial charge in [-0.3, -0.25) is 4.79 Å². The highest BCUT2D eigenvalue weighted by Gasteiger charge is 2.18. The van der Waals surface area contributed by atoms with Gasteiger partial charge in [-0.2, -0.15) is 0 Å². The van der Waals surface area contributed by atoms with E-state index in [1.165, 1.54) is 5.56 Å². The summed E-state index contributed by atoms with van der Waals surface area (Å²) in [5.41, 5.74) is 9.02. The number of anilines is 1. The van der Waals surface area contributed by atoms with Crippen molar-refractivity contribution in [2.45, 2.75) is 25.8 Å². The molecule has 1 aromatic carbocycles. The molecule has 3 heteroatoms. The van der Waals surface area contributed by atoms with E-state index in [1.54, 1.807) is 4.90 Å². The molecule has 1 heterocycles. The molecule has 0 radical (unpaired) electrons. The second-order valence-corrected chi connectivity index (χ2v) is 3.97. The van der Waals surface area contributed by atoms with E-state index in [-0.39, 0.29) is 5.91 Å². The zero-order chi connectivity index (χ0) is 10.8. The molecule has 1 aliphatic heterocycles. The summed E-state index contributed by atoms with van der Waals surface area (Å²) in [5, 5.41) is 0. The molecule has 0 spiro atoms. The molecular weight excluding hydrogens is 188 g/mol. The Kier molecular flexibility index (Phi) is 2.73. The molecule has 0 atom stereocenters. The van der Waals surface area contributed by atoms with Gasteiger partial charge in [0.05, 0.1) is 0 Å². The van der Waals surface area contributed by atoms with Crippen molar-refractivity contribution in [1.29, 1.82) is 0 Å². The van der Waals surface area contributed by atoms with E-state index in [0.717, 1.165) is 24.1 Å². The third-order valence-corrected chi connectivity index (χ3v) is 2.95. The average Bonchev–Trinajstić information content (AvgIpc) is 2.40. The molecule has 0 fully saturated rings. The summed E-state index contributed by atoms with van der Waals surface area (Å²) in [6, 6.07) is 6.11. The van der Waals surface area contributed by atoms with Crippen molar-refractivity contribution in [2.75, 3.05) is 11.9 Å². The van der Waals surface area contributed by atoms with E-state index >= 15 is 0 Å². The van der Waals surface area contributed by atoms with E-state index in [2.05, 4.69) is 6.07 Å². The highest BCUT2D eigenvalue weighted by atomic mass is 16.2. The van der Waals surface area contributed by atoms with E-state index in [0.29, 0.717) is 13.0 Å². The van der Waals surface area contributed by atoms with Crippen molar-refractivity contribution in [2.24, 2.45) is 5.73 Å². The first-order valence-electron chi connectivity index (χ1n) is 5.31. The maximum absolute atomic E-state index is 11.6. The highest BCUT2D eigenvalue weighted by molar-refractivity contribution is 5.94. The van der Waals surface area contributed by atoms with Crippen LogP contribution < -0.4 is 10.6 Å². The first-order valence-corrected chi connectivity index (χ1v) is 5.31. The Bertz CT molecular complexity index is 387. The number of fused-ring (bicyclic) bond motifs is 1. The van der Waals surface area contributed by atoms with Crippen LogP contribution in [0.1, 0.15) is 24.0 Å². The maximum Gasteiger partial charge on any atom is 0.226 e. The number of benzene rings is 1. The van der Waals surface area contributed by atoms with Crippen LogP contribution in [0.25, 0.3) is 0 Å². The normalized spacial score (nSPS) is 16.1. The van der Waals surface area contributed by atoms with Gasteiger partial charge in [-0.05, 0) is 30.0 Å². The summed E-state index contributed by atoms with van der Waals surface area (Å²) in [7, 11) is 1.84. The Morgan fingerprint density at radius 2 is 2.20 bits per heavy atom. The van der Waals surface area contributed by atoms with E-state index in [4.69, 9.17) is 5.73 Å². The third-order valence-electron chi connectivity index (χ3n) is 2.95. The summed E-state index contributed by atoms with van der Waals surface area (Å²) in [5.74, 6) is 0.203. The smallest absolute Gasteiger partial charge is 0.226 e. The molecule has 1 aromatic rings. The van der Waals surface area contributed by atoms with Crippen LogP contribution >= 0.6 is 0 Å². The second-order valence-electron chi connectivity index (χ2n) is 3.97. The monoisotopic (exact) mass is 204 g/mol. The van der Waals surface area contributed by atoms with Crippen LogP contribution in [0.3, 0.4) is 0 Å². The fourth-order valence-corrected chi connectivity index (χ4v) is 2.03. The number of carbonyl (C=O) groups is 1. The molecule has 0 bridgehead atoms. The number of nitrogens with zero attached hydrogens (tertiary/aromatic N) is 1. The number of aryl methyl sites for hydroxylation is 1. The van der Waals surface area contributed by atoms with Gasteiger partial charge in [0.25, 0.3) is 0 Å². The summed E-state index contributed by atoms with van der Waals surface area (Å²) in [4.78, 5) is 13.4. The van der Waals surface area contributed by atoms with Gasteiger partial charge < -0.3 is 10.6 Å². The van der Waals surface area contributed by atoms with E-state index in [9.17, 15) is 4.79 Å². The van der Waals surface area contributed by atoms with Gasteiger partial charge in [-0.1, -0.05) is 12.1 Å². The minimum atomic E-state index is 0.203. The number of carbonyl (C=O) groups excluding carboxylic acids is 1. The molecule has 3 nitrogen and oxygen atoms in total. The van der Waals surface area contributed by atoms with Gasteiger partial charge in [0.15, 0.2) is 0 Å². The lowest BCUT2D eigenvalue weighted by Crippen LogP contribution is -2.25. The molecule has 80 valence electrons. The van der Waals surface area contributed by atoms with Crippen LogP contribution in [-0.2, 0) is 17.8 Å². The molecule has 1 aliphatic rings. The molecule has 1 amide bonds. The van der Waals surface area contributed by atoms with Gasteiger partial charge in [-0.15, -0.1) is 0 Å². The van der Waals surface area contributed by atoms with E-state index in [1.807, 2.05) is 19.2 Å². The zero-order valence-electron chi connectivity index (χ0n) is 8.99. The average molecular weight is 204 g/mol. The third kappa shape index (κ3) is 1.88. The topological polar surface area (TPSA) is 46.3 Å². The van der Waals surface area contributed by atoms with Crippen LogP contribution in [0.5, 0.6) is 0 Å². The molecule has 0 saturated heterocycles. The van der Waals surface area contributed by atoms with E-state index < -0.39 is 0 Å². The van der Waals surface area contributed by atoms with Crippen LogP contribution in [0.15, 0.2) is 18.2 Å². The van der Waals surface area contributed by atoms with Crippen molar-refractivity contribution < 1.29 is 4.79 Å². The summed E-state index contributed by atoms with van der Waals surface area (Å²) in [6.45, 7) is 0.560. The Morgan fingerprint density at radius 1 is 1.40 bits per heavy atom.